The third-order valence-electron chi connectivity index (χ3n) is 9.67. The number of aliphatic hydroxyl groups excluding tert-OH is 1. The lowest BCUT2D eigenvalue weighted by Gasteiger charge is -2.29. The molecular weight excluding hydrogens is 556 g/mol. The quantitative estimate of drug-likeness (QED) is 0.379. The molecule has 3 saturated heterocycles. The van der Waals surface area contributed by atoms with E-state index in [0.717, 1.165) is 57.3 Å². The number of benzene rings is 1. The third-order valence-corrected chi connectivity index (χ3v) is 9.67. The highest BCUT2D eigenvalue weighted by Gasteiger charge is 2.43. The van der Waals surface area contributed by atoms with Crippen LogP contribution < -0.4 is 10.2 Å². The fourth-order valence-electron chi connectivity index (χ4n) is 7.16. The molecule has 0 bridgehead atoms. The first kappa shape index (κ1) is 28.5. The molecule has 3 unspecified atom stereocenters. The van der Waals surface area contributed by atoms with Crippen LogP contribution in [0.5, 0.6) is 0 Å². The number of anilines is 1. The average molecular weight is 596 g/mol. The molecule has 1 saturated carbocycles. The summed E-state index contributed by atoms with van der Waals surface area (Å²) in [6, 6.07) is 9.13. The number of aromatic nitrogens is 4. The standard InChI is InChI=1S/C31H39F2N7O3/c32-28(33)29-35-22-3-1-2-4-25(22)40(29)26-16-24(36-31(37-26)38-11-13-43-14-12-38)27-23(34-27)15-20-9-10-39(17-20)30(42)21-7-5-19(18-41)6-8-21/h1-4,16,19-21,23,27-28,34,41H,5-15,17-18H2. The first-order valence-corrected chi connectivity index (χ1v) is 15.6. The third kappa shape index (κ3) is 5.84. The van der Waals surface area contributed by atoms with Gasteiger partial charge in [-0.15, -0.1) is 0 Å². The summed E-state index contributed by atoms with van der Waals surface area (Å²) in [6.07, 6.45) is 2.75. The van der Waals surface area contributed by atoms with Gasteiger partial charge in [-0.2, -0.15) is 4.98 Å². The Hall–Kier alpha value is -3.22. The molecule has 3 aliphatic heterocycles. The number of para-hydroxylation sites is 2. The summed E-state index contributed by atoms with van der Waals surface area (Å²) >= 11 is 0. The minimum atomic E-state index is -2.76. The summed E-state index contributed by atoms with van der Waals surface area (Å²) in [6.45, 7) is 4.16. The van der Waals surface area contributed by atoms with Crippen molar-refractivity contribution in [1.82, 2.24) is 29.7 Å². The van der Waals surface area contributed by atoms with Crippen molar-refractivity contribution in [1.29, 1.82) is 0 Å². The van der Waals surface area contributed by atoms with Gasteiger partial charge in [-0.3, -0.25) is 9.36 Å². The number of carbonyl (C=O) groups is 1. The topological polar surface area (TPSA) is 119 Å². The number of nitrogens with zero attached hydrogens (tertiary/aromatic N) is 6. The number of hydrogen-bond donors (Lipinski definition) is 2. The molecule has 1 aromatic carbocycles. The molecule has 5 heterocycles. The zero-order chi connectivity index (χ0) is 29.5. The van der Waals surface area contributed by atoms with Crippen LogP contribution in [0.3, 0.4) is 0 Å². The maximum atomic E-state index is 14.2. The second-order valence-corrected chi connectivity index (χ2v) is 12.5. The van der Waals surface area contributed by atoms with Crippen molar-refractivity contribution < 1.29 is 23.4 Å². The Labute approximate surface area is 249 Å². The molecule has 3 aromatic rings. The van der Waals surface area contributed by atoms with E-state index in [1.54, 1.807) is 18.2 Å². The van der Waals surface area contributed by atoms with Gasteiger partial charge < -0.3 is 25.0 Å². The van der Waals surface area contributed by atoms with Gasteiger partial charge in [0.2, 0.25) is 11.9 Å². The Balaban J connectivity index is 1.09. The molecule has 0 radical (unpaired) electrons. The number of nitrogens with one attached hydrogen (secondary N) is 1. The van der Waals surface area contributed by atoms with Crippen LogP contribution in [0.25, 0.3) is 16.9 Å². The van der Waals surface area contributed by atoms with Crippen molar-refractivity contribution in [3.8, 4) is 5.82 Å². The summed E-state index contributed by atoms with van der Waals surface area (Å²) in [5, 5.41) is 13.0. The van der Waals surface area contributed by atoms with E-state index < -0.39 is 6.43 Å². The van der Waals surface area contributed by atoms with Crippen LogP contribution in [0, 0.1) is 17.8 Å². The summed E-state index contributed by atoms with van der Waals surface area (Å²) in [4.78, 5) is 31.2. The lowest BCUT2D eigenvalue weighted by atomic mass is 9.82. The SMILES string of the molecule is O=C(C1CCC(CO)CC1)N1CCC(CC2NC2c2cc(-n3c(C(F)F)nc4ccccc43)nc(N3CCOCC3)n2)C1. The molecule has 230 valence electrons. The number of fused-ring (bicyclic) bond motifs is 1. The molecule has 2 aromatic heterocycles. The van der Waals surface area contributed by atoms with Gasteiger partial charge in [0.05, 0.1) is 36.0 Å². The Kier molecular flexibility index (Phi) is 8.00. The summed E-state index contributed by atoms with van der Waals surface area (Å²) < 4.78 is 35.4. The number of morpholine rings is 1. The predicted octanol–water partition coefficient (Wildman–Crippen LogP) is 3.64. The van der Waals surface area contributed by atoms with Crippen molar-refractivity contribution in [2.24, 2.45) is 17.8 Å². The van der Waals surface area contributed by atoms with Gasteiger partial charge in [-0.25, -0.2) is 18.7 Å². The highest BCUT2D eigenvalue weighted by molar-refractivity contribution is 5.79. The van der Waals surface area contributed by atoms with Crippen molar-refractivity contribution in [3.63, 3.8) is 0 Å². The van der Waals surface area contributed by atoms with E-state index >= 15 is 0 Å². The zero-order valence-corrected chi connectivity index (χ0v) is 24.2. The van der Waals surface area contributed by atoms with E-state index in [9.17, 15) is 18.7 Å². The Morgan fingerprint density at radius 2 is 1.81 bits per heavy atom. The number of imidazole rings is 1. The van der Waals surface area contributed by atoms with Gasteiger partial charge in [-0.1, -0.05) is 12.1 Å². The maximum Gasteiger partial charge on any atom is 0.296 e. The number of likely N-dealkylation sites (tertiary alicyclic amines) is 1. The van der Waals surface area contributed by atoms with Gasteiger partial charge in [-0.05, 0) is 62.5 Å². The van der Waals surface area contributed by atoms with E-state index in [0.29, 0.717) is 60.9 Å². The molecule has 3 atom stereocenters. The van der Waals surface area contributed by atoms with Gasteiger partial charge in [0.25, 0.3) is 6.43 Å². The fraction of sp³-hybridized carbons (Fsp3) is 0.613. The Morgan fingerprint density at radius 1 is 1.02 bits per heavy atom. The minimum Gasteiger partial charge on any atom is -0.396 e. The number of carbonyl (C=O) groups excluding carboxylic acids is 1. The van der Waals surface area contributed by atoms with E-state index in [2.05, 4.69) is 10.3 Å². The normalized spacial score (nSPS) is 27.8. The maximum absolute atomic E-state index is 14.2. The smallest absolute Gasteiger partial charge is 0.296 e. The van der Waals surface area contributed by atoms with Crippen LogP contribution in [0.2, 0.25) is 0 Å². The van der Waals surface area contributed by atoms with E-state index in [-0.39, 0.29) is 36.3 Å². The largest absolute Gasteiger partial charge is 0.396 e. The average Bonchev–Trinajstić information content (AvgIpc) is 3.46. The molecule has 1 amide bonds. The number of amides is 1. The highest BCUT2D eigenvalue weighted by atomic mass is 19.3. The highest BCUT2D eigenvalue weighted by Crippen LogP contribution is 2.38. The van der Waals surface area contributed by atoms with Gasteiger partial charge in [0, 0.05) is 50.8 Å². The number of halogens is 2. The summed E-state index contributed by atoms with van der Waals surface area (Å²) in [5.74, 6) is 1.67. The van der Waals surface area contributed by atoms with E-state index in [1.165, 1.54) is 4.57 Å². The number of aliphatic hydroxyl groups is 1. The summed E-state index contributed by atoms with van der Waals surface area (Å²) in [5.41, 5.74) is 1.85. The molecular formula is C31H39F2N7O3. The van der Waals surface area contributed by atoms with Crippen molar-refractivity contribution in [3.05, 3.63) is 41.9 Å². The molecule has 12 heteroatoms. The molecule has 2 N–H and O–H groups in total. The van der Waals surface area contributed by atoms with Crippen LogP contribution in [-0.2, 0) is 9.53 Å². The van der Waals surface area contributed by atoms with Crippen LogP contribution in [-0.4, -0.2) is 87.5 Å². The van der Waals surface area contributed by atoms with Gasteiger partial charge in [0.15, 0.2) is 5.82 Å². The van der Waals surface area contributed by atoms with Crippen LogP contribution in [0.15, 0.2) is 30.3 Å². The molecule has 7 rings (SSSR count). The molecule has 1 aliphatic carbocycles. The van der Waals surface area contributed by atoms with Crippen LogP contribution in [0.1, 0.15) is 62.5 Å². The van der Waals surface area contributed by atoms with Crippen molar-refractivity contribution in [2.45, 2.75) is 57.0 Å². The van der Waals surface area contributed by atoms with Crippen LogP contribution in [0.4, 0.5) is 14.7 Å². The van der Waals surface area contributed by atoms with Crippen molar-refractivity contribution in [2.75, 3.05) is 50.9 Å². The van der Waals surface area contributed by atoms with Gasteiger partial charge in [0.1, 0.15) is 5.82 Å². The Bertz CT molecular complexity index is 1450. The molecule has 4 aliphatic rings. The minimum absolute atomic E-state index is 0.00941. The first-order valence-electron chi connectivity index (χ1n) is 15.6. The van der Waals surface area contributed by atoms with Crippen molar-refractivity contribution >= 4 is 22.9 Å². The zero-order valence-electron chi connectivity index (χ0n) is 24.2. The lowest BCUT2D eigenvalue weighted by molar-refractivity contribution is -0.136. The first-order chi connectivity index (χ1) is 21.0. The predicted molar refractivity (Wildman–Crippen MR) is 156 cm³/mol. The number of rotatable bonds is 8. The second-order valence-electron chi connectivity index (χ2n) is 12.5. The lowest BCUT2D eigenvalue weighted by Crippen LogP contribution is -2.37. The molecule has 0 spiro atoms. The second kappa shape index (κ2) is 12.0. The number of alkyl halides is 2. The van der Waals surface area contributed by atoms with E-state index in [1.807, 2.05) is 21.9 Å². The van der Waals surface area contributed by atoms with E-state index in [4.69, 9.17) is 14.7 Å². The van der Waals surface area contributed by atoms with Gasteiger partial charge >= 0.3 is 0 Å². The molecule has 10 nitrogen and oxygen atoms in total. The summed E-state index contributed by atoms with van der Waals surface area (Å²) in [7, 11) is 0. The molecule has 43 heavy (non-hydrogen) atoms. The number of ether oxygens (including phenoxy) is 1. The molecule has 4 fully saturated rings. The monoisotopic (exact) mass is 595 g/mol. The number of hydrogen-bond acceptors (Lipinski definition) is 8. The Morgan fingerprint density at radius 3 is 2.58 bits per heavy atom. The van der Waals surface area contributed by atoms with Crippen LogP contribution >= 0.6 is 0 Å². The fourth-order valence-corrected chi connectivity index (χ4v) is 7.16.